The number of nitrogens with one attached hydrogen (secondary N) is 1. The number of sulfone groups is 1. The minimum Gasteiger partial charge on any atom is -0.325 e. The molecule has 0 spiro atoms. The molecule has 2 aromatic carbocycles. The van der Waals surface area contributed by atoms with Gasteiger partial charge in [-0.25, -0.2) is 12.8 Å². The van der Waals surface area contributed by atoms with Gasteiger partial charge in [-0.2, -0.15) is 0 Å². The van der Waals surface area contributed by atoms with Crippen LogP contribution in [0.25, 0.3) is 0 Å². The Labute approximate surface area is 179 Å². The summed E-state index contributed by atoms with van der Waals surface area (Å²) in [6.07, 6.45) is 0.676. The van der Waals surface area contributed by atoms with Crippen LogP contribution in [-0.4, -0.2) is 32.0 Å². The summed E-state index contributed by atoms with van der Waals surface area (Å²) in [4.78, 5) is 26.1. The Hall–Kier alpha value is -2.45. The third-order valence-corrected chi connectivity index (χ3v) is 7.03. The topological polar surface area (TPSA) is 83.6 Å². The van der Waals surface area contributed by atoms with Gasteiger partial charge in [0, 0.05) is 24.6 Å². The van der Waals surface area contributed by atoms with Crippen LogP contribution in [0.1, 0.15) is 32.3 Å². The van der Waals surface area contributed by atoms with Crippen LogP contribution in [0, 0.1) is 5.82 Å². The van der Waals surface area contributed by atoms with Crippen LogP contribution in [0.15, 0.2) is 41.3 Å². The Morgan fingerprint density at radius 2 is 1.97 bits per heavy atom. The Bertz CT molecular complexity index is 1100. The van der Waals surface area contributed by atoms with E-state index in [9.17, 15) is 22.4 Å². The van der Waals surface area contributed by atoms with Crippen LogP contribution in [-0.2, 0) is 25.8 Å². The highest BCUT2D eigenvalue weighted by atomic mass is 35.5. The van der Waals surface area contributed by atoms with Crippen molar-refractivity contribution >= 4 is 44.6 Å². The number of nitrogens with zero attached hydrogens (tertiary/aromatic N) is 1. The Balaban J connectivity index is 1.70. The molecule has 2 amide bonds. The van der Waals surface area contributed by atoms with Gasteiger partial charge in [0.1, 0.15) is 5.82 Å². The smallest absolute Gasteiger partial charge is 0.226 e. The molecule has 160 valence electrons. The van der Waals surface area contributed by atoms with Gasteiger partial charge in [-0.05, 0) is 55.3 Å². The molecule has 9 heteroatoms. The molecule has 1 aliphatic rings. The second kappa shape index (κ2) is 8.73. The van der Waals surface area contributed by atoms with E-state index < -0.39 is 21.6 Å². The summed E-state index contributed by atoms with van der Waals surface area (Å²) >= 11 is 5.87. The summed E-state index contributed by atoms with van der Waals surface area (Å²) in [5, 5.41) is 2.52. The first-order chi connectivity index (χ1) is 14.1. The molecule has 0 saturated carbocycles. The Morgan fingerprint density at radius 3 is 2.63 bits per heavy atom. The lowest BCUT2D eigenvalue weighted by Crippen LogP contribution is -2.35. The molecule has 1 aliphatic heterocycles. The molecule has 1 heterocycles. The largest absolute Gasteiger partial charge is 0.325 e. The Morgan fingerprint density at radius 1 is 1.23 bits per heavy atom. The average Bonchev–Trinajstić information content (AvgIpc) is 3.03. The van der Waals surface area contributed by atoms with Crippen molar-refractivity contribution in [2.75, 3.05) is 16.0 Å². The lowest BCUT2D eigenvalue weighted by atomic mass is 10.1. The van der Waals surface area contributed by atoms with Crippen molar-refractivity contribution in [1.29, 1.82) is 0 Å². The summed E-state index contributed by atoms with van der Waals surface area (Å²) < 4.78 is 38.5. The van der Waals surface area contributed by atoms with Crippen molar-refractivity contribution in [3.63, 3.8) is 0 Å². The standard InChI is InChI=1S/C21H22ClFN2O4S/c1-3-21(27)25-13(2)10-14-11-16(5-7-19(14)25)30(28,29)9-8-20(26)24-18-6-4-15(23)12-17(18)22/h4-7,11-13H,3,8-10H2,1-2H3,(H,24,26)/t13-/m1/s1. The predicted molar refractivity (Wildman–Crippen MR) is 114 cm³/mol. The van der Waals surface area contributed by atoms with Crippen molar-refractivity contribution in [3.8, 4) is 0 Å². The van der Waals surface area contributed by atoms with E-state index in [4.69, 9.17) is 11.6 Å². The van der Waals surface area contributed by atoms with Crippen LogP contribution in [0.4, 0.5) is 15.8 Å². The molecular formula is C21H22ClFN2O4S. The second-order valence-electron chi connectivity index (χ2n) is 7.20. The highest BCUT2D eigenvalue weighted by Gasteiger charge is 2.31. The van der Waals surface area contributed by atoms with Crippen LogP contribution in [0.5, 0.6) is 0 Å². The number of fused-ring (bicyclic) bond motifs is 1. The number of hydrogen-bond donors (Lipinski definition) is 1. The second-order valence-corrected chi connectivity index (χ2v) is 9.72. The van der Waals surface area contributed by atoms with E-state index in [0.717, 1.165) is 23.4 Å². The third kappa shape index (κ3) is 4.65. The number of anilines is 2. The molecular weight excluding hydrogens is 431 g/mol. The fourth-order valence-corrected chi connectivity index (χ4v) is 5.00. The third-order valence-electron chi connectivity index (χ3n) is 5.00. The first-order valence-corrected chi connectivity index (χ1v) is 11.6. The SMILES string of the molecule is CCC(=O)N1c2ccc(S(=O)(=O)CCC(=O)Nc3ccc(F)cc3Cl)cc2C[C@H]1C. The summed E-state index contributed by atoms with van der Waals surface area (Å²) in [6.45, 7) is 3.71. The van der Waals surface area contributed by atoms with Crippen LogP contribution in [0.2, 0.25) is 5.02 Å². The highest BCUT2D eigenvalue weighted by molar-refractivity contribution is 7.91. The maximum absolute atomic E-state index is 13.1. The molecule has 0 aliphatic carbocycles. The van der Waals surface area contributed by atoms with E-state index in [1.54, 1.807) is 24.0 Å². The van der Waals surface area contributed by atoms with Gasteiger partial charge in [0.2, 0.25) is 11.8 Å². The number of rotatable bonds is 6. The van der Waals surface area contributed by atoms with E-state index in [0.29, 0.717) is 12.8 Å². The van der Waals surface area contributed by atoms with Crippen LogP contribution in [0.3, 0.4) is 0 Å². The summed E-state index contributed by atoms with van der Waals surface area (Å²) in [7, 11) is -3.70. The van der Waals surface area contributed by atoms with Gasteiger partial charge in [-0.15, -0.1) is 0 Å². The molecule has 6 nitrogen and oxygen atoms in total. The van der Waals surface area contributed by atoms with Gasteiger partial charge in [-0.1, -0.05) is 18.5 Å². The number of benzene rings is 2. The molecule has 0 aromatic heterocycles. The average molecular weight is 453 g/mol. The zero-order valence-electron chi connectivity index (χ0n) is 16.6. The van der Waals surface area contributed by atoms with E-state index in [1.807, 2.05) is 6.92 Å². The van der Waals surface area contributed by atoms with Crippen molar-refractivity contribution < 1.29 is 22.4 Å². The number of amides is 2. The molecule has 1 atom stereocenters. The summed E-state index contributed by atoms with van der Waals surface area (Å²) in [5.74, 6) is -1.47. The maximum atomic E-state index is 13.1. The van der Waals surface area contributed by atoms with Gasteiger partial charge in [0.05, 0.1) is 21.4 Å². The van der Waals surface area contributed by atoms with Gasteiger partial charge < -0.3 is 10.2 Å². The maximum Gasteiger partial charge on any atom is 0.226 e. The van der Waals surface area contributed by atoms with Gasteiger partial charge >= 0.3 is 0 Å². The molecule has 0 bridgehead atoms. The van der Waals surface area contributed by atoms with Gasteiger partial charge in [-0.3, -0.25) is 9.59 Å². The van der Waals surface area contributed by atoms with E-state index in [-0.39, 0.29) is 39.7 Å². The molecule has 0 saturated heterocycles. The van der Waals surface area contributed by atoms with E-state index >= 15 is 0 Å². The molecule has 0 fully saturated rings. The monoisotopic (exact) mass is 452 g/mol. The van der Waals surface area contributed by atoms with Crippen molar-refractivity contribution in [1.82, 2.24) is 0 Å². The summed E-state index contributed by atoms with van der Waals surface area (Å²) in [5.41, 5.74) is 1.75. The van der Waals surface area contributed by atoms with E-state index in [2.05, 4.69) is 5.32 Å². The normalized spacial score (nSPS) is 15.7. The van der Waals surface area contributed by atoms with E-state index in [1.165, 1.54) is 12.1 Å². The first kappa shape index (κ1) is 22.2. The lowest BCUT2D eigenvalue weighted by Gasteiger charge is -2.22. The molecule has 0 radical (unpaired) electrons. The van der Waals surface area contributed by atoms with Crippen LogP contribution >= 0.6 is 11.6 Å². The zero-order valence-corrected chi connectivity index (χ0v) is 18.2. The molecule has 0 unspecified atom stereocenters. The number of hydrogen-bond acceptors (Lipinski definition) is 4. The van der Waals surface area contributed by atoms with Crippen molar-refractivity contribution in [2.24, 2.45) is 0 Å². The molecule has 2 aromatic rings. The van der Waals surface area contributed by atoms with Gasteiger partial charge in [0.15, 0.2) is 9.84 Å². The van der Waals surface area contributed by atoms with Crippen molar-refractivity contribution in [2.45, 2.75) is 44.0 Å². The Kier molecular flexibility index (Phi) is 6.47. The minimum absolute atomic E-state index is 0.00650. The number of carbonyl (C=O) groups is 2. The molecule has 30 heavy (non-hydrogen) atoms. The summed E-state index contributed by atoms with van der Waals surface area (Å²) in [6, 6.07) is 8.20. The fourth-order valence-electron chi connectivity index (χ4n) is 3.50. The fraction of sp³-hybridized carbons (Fsp3) is 0.333. The van der Waals surface area contributed by atoms with Crippen LogP contribution < -0.4 is 10.2 Å². The predicted octanol–water partition coefficient (Wildman–Crippen LogP) is 3.97. The van der Waals surface area contributed by atoms with Gasteiger partial charge in [0.25, 0.3) is 0 Å². The number of halogens is 2. The lowest BCUT2D eigenvalue weighted by molar-refractivity contribution is -0.118. The zero-order chi connectivity index (χ0) is 22.1. The quantitative estimate of drug-likeness (QED) is 0.718. The molecule has 1 N–H and O–H groups in total. The minimum atomic E-state index is -3.70. The highest BCUT2D eigenvalue weighted by Crippen LogP contribution is 2.34. The number of carbonyl (C=O) groups excluding carboxylic acids is 2. The molecule has 3 rings (SSSR count). The van der Waals surface area contributed by atoms with Crippen molar-refractivity contribution in [3.05, 3.63) is 52.8 Å². The first-order valence-electron chi connectivity index (χ1n) is 9.55.